The highest BCUT2D eigenvalue weighted by Gasteiger charge is 2.38. The Labute approximate surface area is 151 Å². The number of carbonyl (C=O) groups excluding carboxylic acids is 2. The van der Waals surface area contributed by atoms with Crippen LogP contribution < -0.4 is 9.80 Å². The van der Waals surface area contributed by atoms with Gasteiger partial charge in [0.15, 0.2) is 0 Å². The molecule has 8 nitrogen and oxygen atoms in total. The molecule has 2 aliphatic heterocycles. The van der Waals surface area contributed by atoms with Crippen molar-refractivity contribution in [2.75, 3.05) is 42.5 Å². The maximum Gasteiger partial charge on any atom is 0.318 e. The Bertz CT molecular complexity index is 798. The largest absolute Gasteiger partial charge is 0.408 e. The molecule has 136 valence electrons. The summed E-state index contributed by atoms with van der Waals surface area (Å²) in [5.74, 6) is 0.316. The molecule has 2 saturated heterocycles. The van der Waals surface area contributed by atoms with Gasteiger partial charge in [-0.05, 0) is 12.1 Å². The summed E-state index contributed by atoms with van der Waals surface area (Å²) >= 11 is 0. The van der Waals surface area contributed by atoms with Gasteiger partial charge in [0.1, 0.15) is 0 Å². The molecule has 2 aromatic rings. The van der Waals surface area contributed by atoms with Crippen molar-refractivity contribution < 1.29 is 14.0 Å². The third-order valence-electron chi connectivity index (χ3n) is 4.92. The third kappa shape index (κ3) is 3.14. The number of hydrogen-bond donors (Lipinski definition) is 0. The molecule has 8 heteroatoms. The van der Waals surface area contributed by atoms with Crippen molar-refractivity contribution in [2.45, 2.75) is 13.3 Å². The summed E-state index contributed by atoms with van der Waals surface area (Å²) in [6.45, 7) is 4.69. The zero-order valence-corrected chi connectivity index (χ0v) is 14.7. The standard InChI is InChI=1S/C18H21N5O3/c1-13-19-20-18(26-13)22-9-7-21(8-10-22)17(25)14-11-16(24)23(12-14)15-5-3-2-4-6-15/h2-6,14H,7-12H2,1H3. The van der Waals surface area contributed by atoms with Gasteiger partial charge in [-0.2, -0.15) is 0 Å². The number of benzene rings is 1. The number of nitrogens with zero attached hydrogens (tertiary/aromatic N) is 5. The molecular weight excluding hydrogens is 334 g/mol. The van der Waals surface area contributed by atoms with E-state index in [0.29, 0.717) is 44.6 Å². The van der Waals surface area contributed by atoms with Gasteiger partial charge in [0.2, 0.25) is 17.7 Å². The molecule has 2 amide bonds. The monoisotopic (exact) mass is 355 g/mol. The van der Waals surface area contributed by atoms with Crippen molar-refractivity contribution in [3.05, 3.63) is 36.2 Å². The molecule has 2 aliphatic rings. The number of anilines is 2. The fourth-order valence-electron chi connectivity index (χ4n) is 3.52. The van der Waals surface area contributed by atoms with Crippen LogP contribution in [0.2, 0.25) is 0 Å². The maximum absolute atomic E-state index is 12.8. The molecule has 1 atom stereocenters. The number of aryl methyl sites for hydroxylation is 1. The normalized spacial score (nSPS) is 20.7. The number of amides is 2. The van der Waals surface area contributed by atoms with E-state index in [4.69, 9.17) is 4.42 Å². The van der Waals surface area contributed by atoms with Crippen LogP contribution in [-0.2, 0) is 9.59 Å². The maximum atomic E-state index is 12.8. The van der Waals surface area contributed by atoms with E-state index in [1.54, 1.807) is 11.8 Å². The van der Waals surface area contributed by atoms with E-state index in [-0.39, 0.29) is 24.2 Å². The van der Waals surface area contributed by atoms with E-state index in [1.807, 2.05) is 40.1 Å². The van der Waals surface area contributed by atoms with Crippen LogP contribution in [0.3, 0.4) is 0 Å². The summed E-state index contributed by atoms with van der Waals surface area (Å²) in [6, 6.07) is 10.0. The highest BCUT2D eigenvalue weighted by molar-refractivity contribution is 6.00. The van der Waals surface area contributed by atoms with Crippen LogP contribution in [-0.4, -0.2) is 59.6 Å². The fraction of sp³-hybridized carbons (Fsp3) is 0.444. The molecular formula is C18H21N5O3. The second kappa shape index (κ2) is 6.78. The van der Waals surface area contributed by atoms with Gasteiger partial charge in [0, 0.05) is 51.8 Å². The minimum atomic E-state index is -0.278. The highest BCUT2D eigenvalue weighted by atomic mass is 16.4. The Balaban J connectivity index is 1.36. The average molecular weight is 355 g/mol. The van der Waals surface area contributed by atoms with Crippen molar-refractivity contribution >= 4 is 23.5 Å². The molecule has 0 aliphatic carbocycles. The molecule has 3 heterocycles. The lowest BCUT2D eigenvalue weighted by atomic mass is 10.1. The summed E-state index contributed by atoms with van der Waals surface area (Å²) in [5.41, 5.74) is 0.851. The van der Waals surface area contributed by atoms with E-state index < -0.39 is 0 Å². The average Bonchev–Trinajstić information content (AvgIpc) is 3.28. The van der Waals surface area contributed by atoms with Crippen LogP contribution in [0.25, 0.3) is 0 Å². The van der Waals surface area contributed by atoms with Gasteiger partial charge in [0.05, 0.1) is 5.92 Å². The van der Waals surface area contributed by atoms with Crippen LogP contribution >= 0.6 is 0 Å². The van der Waals surface area contributed by atoms with E-state index in [1.165, 1.54) is 0 Å². The third-order valence-corrected chi connectivity index (χ3v) is 4.92. The summed E-state index contributed by atoms with van der Waals surface area (Å²) < 4.78 is 5.44. The first-order chi connectivity index (χ1) is 12.6. The SMILES string of the molecule is Cc1nnc(N2CCN(C(=O)C3CC(=O)N(c4ccccc4)C3)CC2)o1. The molecule has 1 aromatic carbocycles. The van der Waals surface area contributed by atoms with Gasteiger partial charge in [-0.25, -0.2) is 0 Å². The predicted molar refractivity (Wildman–Crippen MR) is 94.7 cm³/mol. The smallest absolute Gasteiger partial charge is 0.318 e. The second-order valence-corrected chi connectivity index (χ2v) is 6.66. The topological polar surface area (TPSA) is 82.8 Å². The van der Waals surface area contributed by atoms with Crippen LogP contribution in [0.15, 0.2) is 34.7 Å². The molecule has 1 unspecified atom stereocenters. The van der Waals surface area contributed by atoms with E-state index >= 15 is 0 Å². The van der Waals surface area contributed by atoms with Crippen molar-refractivity contribution in [1.29, 1.82) is 0 Å². The van der Waals surface area contributed by atoms with Crippen LogP contribution in [0.4, 0.5) is 11.7 Å². The number of para-hydroxylation sites is 1. The van der Waals surface area contributed by atoms with Crippen LogP contribution in [0.1, 0.15) is 12.3 Å². The summed E-state index contributed by atoms with van der Waals surface area (Å²) in [4.78, 5) is 30.7. The molecule has 1 aromatic heterocycles. The Morgan fingerprint density at radius 3 is 2.50 bits per heavy atom. The first-order valence-corrected chi connectivity index (χ1v) is 8.81. The first kappa shape index (κ1) is 16.6. The molecule has 2 fully saturated rings. The lowest BCUT2D eigenvalue weighted by molar-refractivity contribution is -0.136. The van der Waals surface area contributed by atoms with Crippen molar-refractivity contribution in [3.8, 4) is 0 Å². The van der Waals surface area contributed by atoms with Gasteiger partial charge < -0.3 is 19.1 Å². The molecule has 0 N–H and O–H groups in total. The van der Waals surface area contributed by atoms with Crippen LogP contribution in [0, 0.1) is 12.8 Å². The van der Waals surface area contributed by atoms with Gasteiger partial charge in [-0.15, -0.1) is 5.10 Å². The lowest BCUT2D eigenvalue weighted by Gasteiger charge is -2.34. The first-order valence-electron chi connectivity index (χ1n) is 8.81. The van der Waals surface area contributed by atoms with E-state index in [9.17, 15) is 9.59 Å². The Hall–Kier alpha value is -2.90. The molecule has 0 bridgehead atoms. The van der Waals surface area contributed by atoms with Crippen molar-refractivity contribution in [3.63, 3.8) is 0 Å². The number of aromatic nitrogens is 2. The Morgan fingerprint density at radius 2 is 1.85 bits per heavy atom. The Kier molecular flexibility index (Phi) is 4.32. The zero-order chi connectivity index (χ0) is 18.1. The Morgan fingerprint density at radius 1 is 1.12 bits per heavy atom. The number of hydrogen-bond acceptors (Lipinski definition) is 6. The summed E-state index contributed by atoms with van der Waals surface area (Å²) in [5, 5.41) is 7.87. The number of piperazine rings is 1. The van der Waals surface area contributed by atoms with E-state index in [2.05, 4.69) is 10.2 Å². The molecule has 0 radical (unpaired) electrons. The predicted octanol–water partition coefficient (Wildman–Crippen LogP) is 1.08. The molecule has 26 heavy (non-hydrogen) atoms. The molecule has 4 rings (SSSR count). The summed E-state index contributed by atoms with van der Waals surface area (Å²) in [6.07, 6.45) is 0.275. The van der Waals surface area contributed by atoms with Gasteiger partial charge >= 0.3 is 6.01 Å². The van der Waals surface area contributed by atoms with Gasteiger partial charge in [0.25, 0.3) is 0 Å². The lowest BCUT2D eigenvalue weighted by Crippen LogP contribution is -2.50. The van der Waals surface area contributed by atoms with E-state index in [0.717, 1.165) is 5.69 Å². The minimum absolute atomic E-state index is 0.00882. The van der Waals surface area contributed by atoms with Gasteiger partial charge in [-0.1, -0.05) is 23.3 Å². The van der Waals surface area contributed by atoms with Crippen molar-refractivity contribution in [1.82, 2.24) is 15.1 Å². The zero-order valence-electron chi connectivity index (χ0n) is 14.7. The van der Waals surface area contributed by atoms with Crippen molar-refractivity contribution in [2.24, 2.45) is 5.92 Å². The van der Waals surface area contributed by atoms with Crippen LogP contribution in [0.5, 0.6) is 0 Å². The quantitative estimate of drug-likeness (QED) is 0.819. The molecule has 0 spiro atoms. The molecule has 0 saturated carbocycles. The second-order valence-electron chi connectivity index (χ2n) is 6.66. The summed E-state index contributed by atoms with van der Waals surface area (Å²) in [7, 11) is 0. The number of rotatable bonds is 3. The fourth-order valence-corrected chi connectivity index (χ4v) is 3.52. The minimum Gasteiger partial charge on any atom is -0.408 e. The highest BCUT2D eigenvalue weighted by Crippen LogP contribution is 2.26. The van der Waals surface area contributed by atoms with Gasteiger partial charge in [-0.3, -0.25) is 9.59 Å². The number of carbonyl (C=O) groups is 2.